The van der Waals surface area contributed by atoms with Crippen LogP contribution >= 0.6 is 11.6 Å². The maximum absolute atomic E-state index is 12.9. The summed E-state index contributed by atoms with van der Waals surface area (Å²) in [6, 6.07) is 7.04. The van der Waals surface area contributed by atoms with Crippen molar-refractivity contribution >= 4 is 17.5 Å². The van der Waals surface area contributed by atoms with Crippen molar-refractivity contribution in [1.82, 2.24) is 10.1 Å². The molecule has 140 valence electrons. The molecule has 6 nitrogen and oxygen atoms in total. The fraction of sp³-hybridized carbons (Fsp3) is 0.474. The zero-order valence-electron chi connectivity index (χ0n) is 15.0. The maximum Gasteiger partial charge on any atom is 0.259 e. The first-order valence-electron chi connectivity index (χ1n) is 8.77. The third-order valence-electron chi connectivity index (χ3n) is 4.63. The smallest absolute Gasteiger partial charge is 0.259 e. The molecule has 0 bridgehead atoms. The lowest BCUT2D eigenvalue weighted by Crippen LogP contribution is -2.53. The summed E-state index contributed by atoms with van der Waals surface area (Å²) < 4.78 is 10.9. The van der Waals surface area contributed by atoms with E-state index in [1.165, 1.54) is 0 Å². The van der Waals surface area contributed by atoms with Gasteiger partial charge in [0.2, 0.25) is 0 Å². The highest BCUT2D eigenvalue weighted by molar-refractivity contribution is 6.30. The minimum Gasteiger partial charge on any atom is -0.490 e. The first-order valence-corrected chi connectivity index (χ1v) is 9.15. The molecular weight excluding hydrogens is 356 g/mol. The molecule has 1 aromatic heterocycles. The number of amides is 1. The largest absolute Gasteiger partial charge is 0.490 e. The van der Waals surface area contributed by atoms with Crippen molar-refractivity contribution < 1.29 is 19.2 Å². The molecule has 7 heteroatoms. The Morgan fingerprint density at radius 1 is 1.50 bits per heavy atom. The number of hydrogen-bond donors (Lipinski definition) is 1. The number of nitrogens with zero attached hydrogens (tertiary/aromatic N) is 2. The summed E-state index contributed by atoms with van der Waals surface area (Å²) in [6.07, 6.45) is 1.89. The molecule has 0 saturated carbocycles. The minimum absolute atomic E-state index is 0.0976. The molecule has 1 aromatic carbocycles. The summed E-state index contributed by atoms with van der Waals surface area (Å²) in [4.78, 5) is 14.6. The van der Waals surface area contributed by atoms with Crippen LogP contribution in [0, 0.1) is 6.92 Å². The van der Waals surface area contributed by atoms with Gasteiger partial charge in [-0.2, -0.15) is 0 Å². The Morgan fingerprint density at radius 2 is 2.31 bits per heavy atom. The highest BCUT2D eigenvalue weighted by atomic mass is 35.5. The Labute approximate surface area is 157 Å². The first-order chi connectivity index (χ1) is 12.4. The van der Waals surface area contributed by atoms with E-state index in [4.69, 9.17) is 20.9 Å². The highest BCUT2D eigenvalue weighted by Crippen LogP contribution is 2.26. The summed E-state index contributed by atoms with van der Waals surface area (Å²) in [7, 11) is 0. The Kier molecular flexibility index (Phi) is 5.53. The average molecular weight is 379 g/mol. The lowest BCUT2D eigenvalue weighted by Gasteiger charge is -2.38. The van der Waals surface area contributed by atoms with E-state index in [1.54, 1.807) is 36.1 Å². The normalized spacial score (nSPS) is 20.2. The van der Waals surface area contributed by atoms with Crippen LogP contribution < -0.4 is 4.74 Å². The van der Waals surface area contributed by atoms with Crippen LogP contribution in [-0.2, 0) is 6.42 Å². The van der Waals surface area contributed by atoms with E-state index < -0.39 is 5.60 Å². The summed E-state index contributed by atoms with van der Waals surface area (Å²) >= 11 is 5.96. The Morgan fingerprint density at radius 3 is 3.04 bits per heavy atom. The minimum atomic E-state index is -1.10. The van der Waals surface area contributed by atoms with E-state index in [1.807, 2.05) is 6.92 Å². The van der Waals surface area contributed by atoms with Crippen molar-refractivity contribution in [2.75, 3.05) is 19.7 Å². The Bertz CT molecular complexity index is 792. The fourth-order valence-electron chi connectivity index (χ4n) is 3.27. The number of benzene rings is 1. The van der Waals surface area contributed by atoms with Crippen LogP contribution in [0.4, 0.5) is 0 Å². The number of halogens is 1. The lowest BCUT2D eigenvalue weighted by molar-refractivity contribution is -0.0532. The monoisotopic (exact) mass is 378 g/mol. The summed E-state index contributed by atoms with van der Waals surface area (Å²) in [5.41, 5.74) is 0.0533. The highest BCUT2D eigenvalue weighted by Gasteiger charge is 2.37. The predicted molar refractivity (Wildman–Crippen MR) is 97.7 cm³/mol. The van der Waals surface area contributed by atoms with E-state index in [0.29, 0.717) is 53.6 Å². The predicted octanol–water partition coefficient (Wildman–Crippen LogP) is 3.24. The fourth-order valence-corrected chi connectivity index (χ4v) is 3.45. The number of carbonyl (C=O) groups is 1. The molecule has 1 N–H and O–H groups in total. The van der Waals surface area contributed by atoms with Gasteiger partial charge in [0.15, 0.2) is 0 Å². The topological polar surface area (TPSA) is 75.8 Å². The van der Waals surface area contributed by atoms with E-state index >= 15 is 0 Å². The zero-order valence-corrected chi connectivity index (χ0v) is 15.8. The summed E-state index contributed by atoms with van der Waals surface area (Å²) in [5, 5.41) is 15.4. The number of rotatable bonds is 5. The van der Waals surface area contributed by atoms with Gasteiger partial charge >= 0.3 is 0 Å². The van der Waals surface area contributed by atoms with Gasteiger partial charge in [-0.25, -0.2) is 0 Å². The number of ether oxygens (including phenoxy) is 1. The standard InChI is InChI=1S/C19H23ClN2O4/c1-3-16-17(13(2)26-21-16)18(23)22-9-5-8-19(24,11-22)12-25-15-7-4-6-14(20)10-15/h4,6-7,10,24H,3,5,8-9,11-12H2,1-2H3. The van der Waals surface area contributed by atoms with Crippen molar-refractivity contribution in [3.63, 3.8) is 0 Å². The number of hydrogen-bond acceptors (Lipinski definition) is 5. The number of aliphatic hydroxyl groups is 1. The zero-order chi connectivity index (χ0) is 18.7. The molecule has 1 aliphatic heterocycles. The van der Waals surface area contributed by atoms with Crippen LogP contribution in [0.3, 0.4) is 0 Å². The Balaban J connectivity index is 1.69. The number of piperidine rings is 1. The van der Waals surface area contributed by atoms with Gasteiger partial charge in [-0.05, 0) is 44.4 Å². The number of carbonyl (C=O) groups excluding carboxylic acids is 1. The molecular formula is C19H23ClN2O4. The van der Waals surface area contributed by atoms with Crippen molar-refractivity contribution in [3.05, 3.63) is 46.3 Å². The van der Waals surface area contributed by atoms with Crippen LogP contribution in [0.1, 0.15) is 41.6 Å². The van der Waals surface area contributed by atoms with Gasteiger partial charge in [-0.1, -0.05) is 29.7 Å². The summed E-state index contributed by atoms with van der Waals surface area (Å²) in [5.74, 6) is 0.954. The van der Waals surface area contributed by atoms with Gasteiger partial charge < -0.3 is 19.3 Å². The maximum atomic E-state index is 12.9. The van der Waals surface area contributed by atoms with Gasteiger partial charge in [0.1, 0.15) is 29.3 Å². The molecule has 1 saturated heterocycles. The molecule has 1 fully saturated rings. The Hall–Kier alpha value is -2.05. The van der Waals surface area contributed by atoms with Gasteiger partial charge in [0, 0.05) is 11.6 Å². The molecule has 3 rings (SSSR count). The average Bonchev–Trinajstić information content (AvgIpc) is 3.00. The lowest BCUT2D eigenvalue weighted by atomic mass is 9.93. The van der Waals surface area contributed by atoms with Crippen LogP contribution in [-0.4, -0.2) is 46.4 Å². The molecule has 1 atom stereocenters. The summed E-state index contributed by atoms with van der Waals surface area (Å²) in [6.45, 7) is 4.56. The second kappa shape index (κ2) is 7.68. The van der Waals surface area contributed by atoms with Crippen molar-refractivity contribution in [2.45, 2.75) is 38.7 Å². The number of β-amino-alcohol motifs (C(OH)–C–C–N with tert-alkyl or cyclic N) is 1. The molecule has 2 aromatic rings. The molecule has 26 heavy (non-hydrogen) atoms. The molecule has 0 radical (unpaired) electrons. The SMILES string of the molecule is CCc1noc(C)c1C(=O)N1CCCC(O)(COc2cccc(Cl)c2)C1. The molecule has 2 heterocycles. The third kappa shape index (κ3) is 4.02. The van der Waals surface area contributed by atoms with Crippen molar-refractivity contribution in [2.24, 2.45) is 0 Å². The van der Waals surface area contributed by atoms with E-state index in [0.717, 1.165) is 0 Å². The quantitative estimate of drug-likeness (QED) is 0.864. The second-order valence-electron chi connectivity index (χ2n) is 6.71. The number of aromatic nitrogens is 1. The van der Waals surface area contributed by atoms with Gasteiger partial charge in [0.05, 0.1) is 12.2 Å². The molecule has 0 aliphatic carbocycles. The van der Waals surface area contributed by atoms with Crippen LogP contribution in [0.15, 0.2) is 28.8 Å². The van der Waals surface area contributed by atoms with Gasteiger partial charge in [-0.15, -0.1) is 0 Å². The van der Waals surface area contributed by atoms with Gasteiger partial charge in [-0.3, -0.25) is 4.79 Å². The van der Waals surface area contributed by atoms with Crippen molar-refractivity contribution in [1.29, 1.82) is 0 Å². The van der Waals surface area contributed by atoms with E-state index in [-0.39, 0.29) is 19.1 Å². The van der Waals surface area contributed by atoms with Crippen molar-refractivity contribution in [3.8, 4) is 5.75 Å². The van der Waals surface area contributed by atoms with E-state index in [2.05, 4.69) is 5.16 Å². The molecule has 1 aliphatic rings. The second-order valence-corrected chi connectivity index (χ2v) is 7.15. The van der Waals surface area contributed by atoms with E-state index in [9.17, 15) is 9.90 Å². The van der Waals surface area contributed by atoms with Crippen LogP contribution in [0.2, 0.25) is 5.02 Å². The van der Waals surface area contributed by atoms with Crippen LogP contribution in [0.5, 0.6) is 5.75 Å². The molecule has 1 amide bonds. The van der Waals surface area contributed by atoms with Crippen LogP contribution in [0.25, 0.3) is 0 Å². The number of likely N-dealkylation sites (tertiary alicyclic amines) is 1. The molecule has 1 unspecified atom stereocenters. The number of aryl methyl sites for hydroxylation is 2. The molecule has 0 spiro atoms. The third-order valence-corrected chi connectivity index (χ3v) is 4.86. The first kappa shape index (κ1) is 18.7. The van der Waals surface area contributed by atoms with Gasteiger partial charge in [0.25, 0.3) is 5.91 Å².